The Morgan fingerprint density at radius 3 is 2.50 bits per heavy atom. The molecule has 0 saturated carbocycles. The lowest BCUT2D eigenvalue weighted by molar-refractivity contribution is 0.544. The van der Waals surface area contributed by atoms with E-state index in [1.54, 1.807) is 0 Å². The van der Waals surface area contributed by atoms with E-state index in [1.807, 2.05) is 0 Å². The van der Waals surface area contributed by atoms with Crippen molar-refractivity contribution in [2.45, 2.75) is 6.42 Å². The van der Waals surface area contributed by atoms with Crippen LogP contribution in [0.1, 0.15) is 6.42 Å². The topological polar surface area (TPSA) is 6.48 Å². The SMILES string of the molecule is IN1CCCN(c2ccccc2)CC1. The number of hydrogen-bond donors (Lipinski definition) is 0. The maximum Gasteiger partial charge on any atom is 0.0366 e. The van der Waals surface area contributed by atoms with E-state index in [2.05, 4.69) is 61.2 Å². The second-order valence-corrected chi connectivity index (χ2v) is 4.95. The number of para-hydroxylation sites is 1. The number of rotatable bonds is 1. The molecule has 1 heterocycles. The first-order valence-electron chi connectivity index (χ1n) is 5.07. The van der Waals surface area contributed by atoms with Gasteiger partial charge in [-0.2, -0.15) is 0 Å². The van der Waals surface area contributed by atoms with E-state index in [0.717, 1.165) is 13.1 Å². The number of hydrogen-bond acceptors (Lipinski definition) is 2. The van der Waals surface area contributed by atoms with Gasteiger partial charge < -0.3 is 4.90 Å². The molecule has 1 aromatic rings. The summed E-state index contributed by atoms with van der Waals surface area (Å²) in [6.45, 7) is 4.70. The zero-order valence-electron chi connectivity index (χ0n) is 8.19. The summed E-state index contributed by atoms with van der Waals surface area (Å²) >= 11 is 2.42. The highest BCUT2D eigenvalue weighted by atomic mass is 127. The fourth-order valence-corrected chi connectivity index (χ4v) is 2.34. The summed E-state index contributed by atoms with van der Waals surface area (Å²) in [4.78, 5) is 2.47. The summed E-state index contributed by atoms with van der Waals surface area (Å²) in [6.07, 6.45) is 1.26. The van der Waals surface area contributed by atoms with Gasteiger partial charge >= 0.3 is 0 Å². The molecule has 2 nitrogen and oxygen atoms in total. The van der Waals surface area contributed by atoms with Crippen LogP contribution in [0.2, 0.25) is 0 Å². The van der Waals surface area contributed by atoms with Crippen LogP contribution in [0.4, 0.5) is 5.69 Å². The molecule has 1 aromatic carbocycles. The summed E-state index contributed by atoms with van der Waals surface area (Å²) in [5, 5.41) is 0. The lowest BCUT2D eigenvalue weighted by atomic mass is 10.3. The Morgan fingerprint density at radius 2 is 1.71 bits per heavy atom. The highest BCUT2D eigenvalue weighted by Crippen LogP contribution is 2.16. The molecule has 1 aliphatic heterocycles. The van der Waals surface area contributed by atoms with Gasteiger partial charge in [-0.15, -0.1) is 0 Å². The van der Waals surface area contributed by atoms with Crippen molar-refractivity contribution in [3.8, 4) is 0 Å². The Morgan fingerprint density at radius 1 is 0.929 bits per heavy atom. The summed E-state index contributed by atoms with van der Waals surface area (Å²) in [5.41, 5.74) is 1.36. The average molecular weight is 302 g/mol. The number of benzene rings is 1. The van der Waals surface area contributed by atoms with Gasteiger partial charge in [0.1, 0.15) is 0 Å². The van der Waals surface area contributed by atoms with Gasteiger partial charge in [-0.1, -0.05) is 18.2 Å². The van der Waals surface area contributed by atoms with E-state index in [1.165, 1.54) is 25.2 Å². The largest absolute Gasteiger partial charge is 0.370 e. The predicted molar refractivity (Wildman–Crippen MR) is 68.9 cm³/mol. The molecule has 76 valence electrons. The molecular formula is C11H15IN2. The first kappa shape index (κ1) is 10.2. The summed E-state index contributed by atoms with van der Waals surface area (Å²) in [6, 6.07) is 10.7. The molecule has 0 unspecified atom stereocenters. The molecule has 0 aromatic heterocycles. The lowest BCUT2D eigenvalue weighted by Crippen LogP contribution is -2.27. The molecule has 0 N–H and O–H groups in total. The first-order chi connectivity index (χ1) is 6.86. The Labute approximate surface area is 99.4 Å². The van der Waals surface area contributed by atoms with Gasteiger partial charge in [0.25, 0.3) is 0 Å². The van der Waals surface area contributed by atoms with Gasteiger partial charge in [-0.3, -0.25) is 0 Å². The third-order valence-corrected chi connectivity index (χ3v) is 3.53. The summed E-state index contributed by atoms with van der Waals surface area (Å²) in [5.74, 6) is 0. The van der Waals surface area contributed by atoms with Crippen molar-refractivity contribution in [1.82, 2.24) is 3.11 Å². The lowest BCUT2D eigenvalue weighted by Gasteiger charge is -2.22. The summed E-state index contributed by atoms with van der Waals surface area (Å²) in [7, 11) is 0. The van der Waals surface area contributed by atoms with Gasteiger partial charge in [-0.05, 0) is 18.6 Å². The monoisotopic (exact) mass is 302 g/mol. The van der Waals surface area contributed by atoms with Crippen LogP contribution in [0.5, 0.6) is 0 Å². The maximum atomic E-state index is 2.47. The maximum absolute atomic E-state index is 2.47. The molecule has 1 fully saturated rings. The Hall–Kier alpha value is -0.290. The number of anilines is 1. The van der Waals surface area contributed by atoms with Crippen molar-refractivity contribution >= 4 is 28.6 Å². The fraction of sp³-hybridized carbons (Fsp3) is 0.455. The van der Waals surface area contributed by atoms with Crippen molar-refractivity contribution in [2.24, 2.45) is 0 Å². The molecule has 14 heavy (non-hydrogen) atoms. The molecule has 0 atom stereocenters. The molecule has 0 spiro atoms. The van der Waals surface area contributed by atoms with E-state index < -0.39 is 0 Å². The minimum Gasteiger partial charge on any atom is -0.370 e. The molecular weight excluding hydrogens is 287 g/mol. The van der Waals surface area contributed by atoms with Crippen LogP contribution in [0.25, 0.3) is 0 Å². The van der Waals surface area contributed by atoms with Crippen LogP contribution in [0.15, 0.2) is 30.3 Å². The molecule has 3 heteroatoms. The van der Waals surface area contributed by atoms with Gasteiger partial charge in [0.2, 0.25) is 0 Å². The first-order valence-corrected chi connectivity index (χ1v) is 6.03. The summed E-state index contributed by atoms with van der Waals surface area (Å²) < 4.78 is 2.38. The van der Waals surface area contributed by atoms with Crippen molar-refractivity contribution in [3.63, 3.8) is 0 Å². The van der Waals surface area contributed by atoms with Gasteiger partial charge in [0.05, 0.1) is 0 Å². The van der Waals surface area contributed by atoms with E-state index in [9.17, 15) is 0 Å². The normalized spacial score (nSPS) is 19.4. The number of halogens is 1. The van der Waals surface area contributed by atoms with Crippen LogP contribution < -0.4 is 4.90 Å². The van der Waals surface area contributed by atoms with E-state index in [-0.39, 0.29) is 0 Å². The molecule has 2 rings (SSSR count). The van der Waals surface area contributed by atoms with Crippen LogP contribution in [-0.2, 0) is 0 Å². The number of nitrogens with zero attached hydrogens (tertiary/aromatic N) is 2. The molecule has 0 radical (unpaired) electrons. The zero-order valence-corrected chi connectivity index (χ0v) is 10.4. The molecule has 1 aliphatic rings. The van der Waals surface area contributed by atoms with Crippen molar-refractivity contribution in [2.75, 3.05) is 31.1 Å². The van der Waals surface area contributed by atoms with Crippen molar-refractivity contribution in [3.05, 3.63) is 30.3 Å². The molecule has 1 saturated heterocycles. The van der Waals surface area contributed by atoms with E-state index in [4.69, 9.17) is 0 Å². The highest BCUT2D eigenvalue weighted by Gasteiger charge is 2.12. The van der Waals surface area contributed by atoms with Gasteiger partial charge in [0, 0.05) is 54.7 Å². The second-order valence-electron chi connectivity index (χ2n) is 3.59. The predicted octanol–water partition coefficient (Wildman–Crippen LogP) is 2.55. The fourth-order valence-electron chi connectivity index (χ4n) is 1.78. The Kier molecular flexibility index (Phi) is 3.64. The highest BCUT2D eigenvalue weighted by molar-refractivity contribution is 14.1. The van der Waals surface area contributed by atoms with Gasteiger partial charge in [-0.25, -0.2) is 3.11 Å². The van der Waals surface area contributed by atoms with Gasteiger partial charge in [0.15, 0.2) is 0 Å². The van der Waals surface area contributed by atoms with Crippen molar-refractivity contribution < 1.29 is 0 Å². The third kappa shape index (κ3) is 2.60. The van der Waals surface area contributed by atoms with E-state index >= 15 is 0 Å². The molecule has 0 bridgehead atoms. The second kappa shape index (κ2) is 4.98. The minimum absolute atomic E-state index is 1.15. The van der Waals surface area contributed by atoms with E-state index in [0.29, 0.717) is 0 Å². The zero-order chi connectivity index (χ0) is 9.80. The standard InChI is InChI=1S/C11H15IN2/c12-14-8-4-7-13(9-10-14)11-5-2-1-3-6-11/h1-3,5-6H,4,7-10H2. The Bertz CT molecular complexity index is 276. The Balaban J connectivity index is 2.04. The van der Waals surface area contributed by atoms with Crippen molar-refractivity contribution in [1.29, 1.82) is 0 Å². The van der Waals surface area contributed by atoms with Crippen LogP contribution >= 0.6 is 22.9 Å². The quantitative estimate of drug-likeness (QED) is 0.581. The average Bonchev–Trinajstić information content (AvgIpc) is 2.44. The molecule has 0 aliphatic carbocycles. The van der Waals surface area contributed by atoms with Crippen LogP contribution in [0, 0.1) is 0 Å². The van der Waals surface area contributed by atoms with Crippen LogP contribution in [-0.4, -0.2) is 29.3 Å². The third-order valence-electron chi connectivity index (χ3n) is 2.56. The smallest absolute Gasteiger partial charge is 0.0366 e. The van der Waals surface area contributed by atoms with Crippen LogP contribution in [0.3, 0.4) is 0 Å². The minimum atomic E-state index is 1.15. The molecule has 0 amide bonds.